The van der Waals surface area contributed by atoms with Crippen LogP contribution in [0, 0.1) is 0 Å². The molecule has 2 heterocycles. The molecule has 1 aromatic rings. The van der Waals surface area contributed by atoms with Crippen LogP contribution in [0.3, 0.4) is 0 Å². The largest absolute Gasteiger partial charge is 0.347 e. The SMILES string of the molecule is CCN1C(=O)C(=C/C=C2/N(C)c3ccc(Cl)cc3C23CCCCC3)C(=O)N(CC)C1=S. The standard InChI is InChI=1S/C24H28ClN3O2S/c1-4-27-21(29)17(22(30)28(5-2)23(27)31)10-12-20-24(13-7-6-8-14-24)18-15-16(25)9-11-19(18)26(20)3/h9-12,15H,4-8,13-14H2,1-3H3/b20-12+. The molecule has 0 unspecified atom stereocenters. The van der Waals surface area contributed by atoms with Crippen LogP contribution >= 0.6 is 23.8 Å². The Balaban J connectivity index is 1.81. The minimum atomic E-state index is -0.321. The van der Waals surface area contributed by atoms with E-state index in [4.69, 9.17) is 23.8 Å². The minimum Gasteiger partial charge on any atom is -0.347 e. The molecule has 1 saturated heterocycles. The van der Waals surface area contributed by atoms with Crippen molar-refractivity contribution in [1.82, 2.24) is 9.80 Å². The zero-order chi connectivity index (χ0) is 22.3. The van der Waals surface area contributed by atoms with Crippen molar-refractivity contribution in [3.05, 3.63) is 52.2 Å². The van der Waals surface area contributed by atoms with Crippen molar-refractivity contribution in [2.75, 3.05) is 25.0 Å². The number of nitrogens with zero attached hydrogens (tertiary/aromatic N) is 3. The fourth-order valence-corrected chi connectivity index (χ4v) is 5.89. The lowest BCUT2D eigenvalue weighted by atomic mass is 9.68. The fraction of sp³-hybridized carbons (Fsp3) is 0.458. The normalized spacial score (nSPS) is 22.1. The van der Waals surface area contributed by atoms with E-state index in [1.807, 2.05) is 26.0 Å². The summed E-state index contributed by atoms with van der Waals surface area (Å²) in [7, 11) is 2.05. The second-order valence-corrected chi connectivity index (χ2v) is 9.18. The van der Waals surface area contributed by atoms with Gasteiger partial charge in [0.25, 0.3) is 11.8 Å². The summed E-state index contributed by atoms with van der Waals surface area (Å²) >= 11 is 11.7. The summed E-state index contributed by atoms with van der Waals surface area (Å²) in [6.07, 6.45) is 9.26. The number of likely N-dealkylation sites (N-methyl/N-ethyl adjacent to an activating group) is 3. The molecule has 1 saturated carbocycles. The van der Waals surface area contributed by atoms with Crippen LogP contribution in [0.25, 0.3) is 0 Å². The molecule has 0 bridgehead atoms. The van der Waals surface area contributed by atoms with E-state index in [0.717, 1.165) is 42.1 Å². The molecule has 4 rings (SSSR count). The average molecular weight is 458 g/mol. The molecule has 2 aliphatic heterocycles. The number of carbonyl (C=O) groups is 2. The van der Waals surface area contributed by atoms with Crippen LogP contribution in [0.2, 0.25) is 5.02 Å². The lowest BCUT2D eigenvalue weighted by Gasteiger charge is -2.37. The predicted molar refractivity (Wildman–Crippen MR) is 128 cm³/mol. The Morgan fingerprint density at radius 2 is 1.65 bits per heavy atom. The van der Waals surface area contributed by atoms with Crippen molar-refractivity contribution < 1.29 is 9.59 Å². The highest BCUT2D eigenvalue weighted by Crippen LogP contribution is 2.55. The average Bonchev–Trinajstić information content (AvgIpc) is 2.96. The van der Waals surface area contributed by atoms with Gasteiger partial charge in [0.05, 0.1) is 0 Å². The van der Waals surface area contributed by atoms with E-state index in [-0.39, 0.29) is 27.9 Å². The van der Waals surface area contributed by atoms with Crippen molar-refractivity contribution in [2.45, 2.75) is 51.4 Å². The maximum atomic E-state index is 13.0. The van der Waals surface area contributed by atoms with E-state index in [2.05, 4.69) is 24.1 Å². The van der Waals surface area contributed by atoms with Gasteiger partial charge in [-0.05, 0) is 74.8 Å². The number of thiocarbonyl (C=S) groups is 1. The summed E-state index contributed by atoms with van der Waals surface area (Å²) in [4.78, 5) is 31.2. The van der Waals surface area contributed by atoms with Gasteiger partial charge in [0.2, 0.25) is 0 Å². The number of carbonyl (C=O) groups excluding carboxylic acids is 2. The monoisotopic (exact) mass is 457 g/mol. The number of benzene rings is 1. The third-order valence-corrected chi connectivity index (χ3v) is 7.52. The maximum Gasteiger partial charge on any atom is 0.265 e. The van der Waals surface area contributed by atoms with Crippen molar-refractivity contribution in [3.8, 4) is 0 Å². The third-order valence-electron chi connectivity index (χ3n) is 6.85. The summed E-state index contributed by atoms with van der Waals surface area (Å²) in [6.45, 7) is 4.60. The number of amides is 2. The Morgan fingerprint density at radius 1 is 1.03 bits per heavy atom. The zero-order valence-electron chi connectivity index (χ0n) is 18.3. The van der Waals surface area contributed by atoms with Crippen LogP contribution in [-0.2, 0) is 15.0 Å². The van der Waals surface area contributed by atoms with Gasteiger partial charge in [-0.2, -0.15) is 0 Å². The maximum absolute atomic E-state index is 13.0. The van der Waals surface area contributed by atoms with E-state index in [1.165, 1.54) is 21.8 Å². The zero-order valence-corrected chi connectivity index (χ0v) is 19.9. The quantitative estimate of drug-likeness (QED) is 0.371. The van der Waals surface area contributed by atoms with E-state index < -0.39 is 0 Å². The van der Waals surface area contributed by atoms with Crippen molar-refractivity contribution >= 4 is 46.4 Å². The van der Waals surface area contributed by atoms with E-state index in [9.17, 15) is 9.59 Å². The second-order valence-electron chi connectivity index (χ2n) is 8.38. The Kier molecular flexibility index (Phi) is 5.97. The van der Waals surface area contributed by atoms with Crippen molar-refractivity contribution in [1.29, 1.82) is 0 Å². The lowest BCUT2D eigenvalue weighted by Crippen LogP contribution is -2.55. The van der Waals surface area contributed by atoms with Gasteiger partial charge < -0.3 is 4.90 Å². The molecule has 2 amide bonds. The van der Waals surface area contributed by atoms with Gasteiger partial charge in [-0.15, -0.1) is 0 Å². The predicted octanol–water partition coefficient (Wildman–Crippen LogP) is 4.80. The van der Waals surface area contributed by atoms with E-state index in [0.29, 0.717) is 13.1 Å². The molecule has 0 radical (unpaired) electrons. The Hall–Kier alpha value is -2.18. The highest BCUT2D eigenvalue weighted by molar-refractivity contribution is 7.80. The van der Waals surface area contributed by atoms with Crippen LogP contribution in [-0.4, -0.2) is 46.9 Å². The molecule has 0 atom stereocenters. The molecular weight excluding hydrogens is 430 g/mol. The van der Waals surface area contributed by atoms with Crippen LogP contribution in [0.15, 0.2) is 41.6 Å². The Labute approximate surface area is 194 Å². The van der Waals surface area contributed by atoms with Gasteiger partial charge in [-0.3, -0.25) is 19.4 Å². The van der Waals surface area contributed by atoms with Gasteiger partial charge in [0, 0.05) is 42.0 Å². The molecular formula is C24H28ClN3O2S. The number of allylic oxidation sites excluding steroid dienone is 3. The first-order valence-electron chi connectivity index (χ1n) is 11.0. The number of hydrogen-bond acceptors (Lipinski definition) is 4. The third kappa shape index (κ3) is 3.40. The Bertz CT molecular complexity index is 982. The summed E-state index contributed by atoms with van der Waals surface area (Å²) in [5.41, 5.74) is 3.55. The molecule has 1 spiro atoms. The lowest BCUT2D eigenvalue weighted by molar-refractivity contribution is -0.133. The topological polar surface area (TPSA) is 43.9 Å². The summed E-state index contributed by atoms with van der Waals surface area (Å²) in [5, 5.41) is 1.02. The fourth-order valence-electron chi connectivity index (χ4n) is 5.29. The molecule has 1 aliphatic carbocycles. The molecule has 2 fully saturated rings. The minimum absolute atomic E-state index is 0.130. The van der Waals surface area contributed by atoms with Gasteiger partial charge in [-0.25, -0.2) is 0 Å². The molecule has 1 aromatic carbocycles. The van der Waals surface area contributed by atoms with Gasteiger partial charge in [0.1, 0.15) is 5.57 Å². The van der Waals surface area contributed by atoms with Crippen LogP contribution in [0.4, 0.5) is 5.69 Å². The van der Waals surface area contributed by atoms with Gasteiger partial charge in [-0.1, -0.05) is 30.9 Å². The molecule has 3 aliphatic rings. The van der Waals surface area contributed by atoms with Gasteiger partial charge in [0.15, 0.2) is 5.11 Å². The molecule has 31 heavy (non-hydrogen) atoms. The molecule has 0 aromatic heterocycles. The molecule has 5 nitrogen and oxygen atoms in total. The summed E-state index contributed by atoms with van der Waals surface area (Å²) < 4.78 is 0. The molecule has 164 valence electrons. The number of hydrogen-bond donors (Lipinski definition) is 0. The van der Waals surface area contributed by atoms with Crippen molar-refractivity contribution in [3.63, 3.8) is 0 Å². The van der Waals surface area contributed by atoms with E-state index >= 15 is 0 Å². The summed E-state index contributed by atoms with van der Waals surface area (Å²) in [6, 6.07) is 6.07. The van der Waals surface area contributed by atoms with Crippen LogP contribution in [0.1, 0.15) is 51.5 Å². The summed E-state index contributed by atoms with van der Waals surface area (Å²) in [5.74, 6) is -0.643. The number of anilines is 1. The van der Waals surface area contributed by atoms with Crippen LogP contribution in [0.5, 0.6) is 0 Å². The van der Waals surface area contributed by atoms with Crippen molar-refractivity contribution in [2.24, 2.45) is 0 Å². The smallest absolute Gasteiger partial charge is 0.265 e. The highest BCUT2D eigenvalue weighted by Gasteiger charge is 2.46. The molecule has 7 heteroatoms. The first kappa shape index (κ1) is 22.0. The Morgan fingerprint density at radius 3 is 2.23 bits per heavy atom. The van der Waals surface area contributed by atoms with E-state index in [1.54, 1.807) is 6.08 Å². The second kappa shape index (κ2) is 8.40. The number of halogens is 1. The molecule has 0 N–H and O–H groups in total. The first-order chi connectivity index (χ1) is 14.9. The first-order valence-corrected chi connectivity index (χ1v) is 11.8. The van der Waals surface area contributed by atoms with Crippen LogP contribution < -0.4 is 4.90 Å². The number of fused-ring (bicyclic) bond motifs is 2. The number of rotatable bonds is 3. The highest BCUT2D eigenvalue weighted by atomic mass is 35.5. The van der Waals surface area contributed by atoms with Gasteiger partial charge >= 0.3 is 0 Å².